The van der Waals surface area contributed by atoms with E-state index in [1.165, 1.54) is 16.5 Å². The molecule has 2 heteroatoms. The van der Waals surface area contributed by atoms with E-state index in [1.807, 2.05) is 13.2 Å². The number of aromatic nitrogens is 1. The molecule has 62 valence electrons. The zero-order valence-electron chi connectivity index (χ0n) is 7.31. The van der Waals surface area contributed by atoms with Crippen LogP contribution in [0.5, 0.6) is 0 Å². The van der Waals surface area contributed by atoms with Crippen molar-refractivity contribution in [2.75, 3.05) is 12.4 Å². The minimum Gasteiger partial charge on any atom is -0.388 e. The standard InChI is InChI=1S/C10H12N2/c1-7-6-12-10-5-8(11-2)3-4-9(7)10/h3-6,11-12H,1-2H3. The summed E-state index contributed by atoms with van der Waals surface area (Å²) >= 11 is 0. The van der Waals surface area contributed by atoms with E-state index in [1.54, 1.807) is 0 Å². The van der Waals surface area contributed by atoms with Crippen molar-refractivity contribution in [1.29, 1.82) is 0 Å². The monoisotopic (exact) mass is 160 g/mol. The van der Waals surface area contributed by atoms with Gasteiger partial charge >= 0.3 is 0 Å². The predicted molar refractivity (Wildman–Crippen MR) is 52.6 cm³/mol. The van der Waals surface area contributed by atoms with E-state index in [9.17, 15) is 0 Å². The second-order valence-electron chi connectivity index (χ2n) is 2.98. The maximum atomic E-state index is 3.22. The fourth-order valence-corrected chi connectivity index (χ4v) is 1.43. The molecule has 2 nitrogen and oxygen atoms in total. The van der Waals surface area contributed by atoms with Crippen LogP contribution in [0.2, 0.25) is 0 Å². The third kappa shape index (κ3) is 0.961. The van der Waals surface area contributed by atoms with E-state index < -0.39 is 0 Å². The maximum absolute atomic E-state index is 3.22. The van der Waals surface area contributed by atoms with Crippen LogP contribution in [0.15, 0.2) is 24.4 Å². The fourth-order valence-electron chi connectivity index (χ4n) is 1.43. The Morgan fingerprint density at radius 1 is 1.33 bits per heavy atom. The molecule has 0 aliphatic carbocycles. The van der Waals surface area contributed by atoms with Gasteiger partial charge in [-0.05, 0) is 24.6 Å². The lowest BCUT2D eigenvalue weighted by Gasteiger charge is -1.98. The molecule has 0 bridgehead atoms. The molecule has 2 aromatic rings. The summed E-state index contributed by atoms with van der Waals surface area (Å²) in [6, 6.07) is 6.33. The molecule has 0 spiro atoms. The number of aromatic amines is 1. The van der Waals surface area contributed by atoms with E-state index in [4.69, 9.17) is 0 Å². The number of nitrogens with one attached hydrogen (secondary N) is 2. The Labute approximate surface area is 71.6 Å². The van der Waals surface area contributed by atoms with Gasteiger partial charge in [-0.2, -0.15) is 0 Å². The van der Waals surface area contributed by atoms with Crippen molar-refractivity contribution < 1.29 is 0 Å². The Bertz CT molecular complexity index is 401. The molecule has 2 N–H and O–H groups in total. The van der Waals surface area contributed by atoms with Crippen molar-refractivity contribution in [3.8, 4) is 0 Å². The van der Waals surface area contributed by atoms with Crippen molar-refractivity contribution in [2.45, 2.75) is 6.92 Å². The van der Waals surface area contributed by atoms with Crippen molar-refractivity contribution in [3.05, 3.63) is 30.0 Å². The molecule has 0 radical (unpaired) electrons. The molecular formula is C10H12N2. The third-order valence-electron chi connectivity index (χ3n) is 2.18. The minimum absolute atomic E-state index is 1.14. The van der Waals surface area contributed by atoms with Crippen LogP contribution in [0.1, 0.15) is 5.56 Å². The molecule has 12 heavy (non-hydrogen) atoms. The van der Waals surface area contributed by atoms with E-state index >= 15 is 0 Å². The SMILES string of the molecule is CNc1ccc2c(C)c[nH]c2c1. The second kappa shape index (κ2) is 2.55. The molecular weight excluding hydrogens is 148 g/mol. The molecule has 0 aliphatic heterocycles. The topological polar surface area (TPSA) is 27.8 Å². The highest BCUT2D eigenvalue weighted by Gasteiger charge is 1.98. The van der Waals surface area contributed by atoms with Crippen molar-refractivity contribution in [2.24, 2.45) is 0 Å². The predicted octanol–water partition coefficient (Wildman–Crippen LogP) is 2.52. The molecule has 2 rings (SSSR count). The quantitative estimate of drug-likeness (QED) is 0.659. The zero-order valence-corrected chi connectivity index (χ0v) is 7.31. The Morgan fingerprint density at radius 2 is 2.17 bits per heavy atom. The first kappa shape index (κ1) is 7.22. The van der Waals surface area contributed by atoms with Crippen LogP contribution < -0.4 is 5.32 Å². The lowest BCUT2D eigenvalue weighted by molar-refractivity contribution is 1.42. The van der Waals surface area contributed by atoms with Crippen molar-refractivity contribution in [1.82, 2.24) is 4.98 Å². The van der Waals surface area contributed by atoms with Gasteiger partial charge in [-0.15, -0.1) is 0 Å². The van der Waals surface area contributed by atoms with E-state index in [-0.39, 0.29) is 0 Å². The lowest BCUT2D eigenvalue weighted by Crippen LogP contribution is -1.86. The molecule has 0 saturated carbocycles. The third-order valence-corrected chi connectivity index (χ3v) is 2.18. The highest BCUT2D eigenvalue weighted by Crippen LogP contribution is 2.20. The van der Waals surface area contributed by atoms with Crippen LogP contribution in [0.4, 0.5) is 5.69 Å². The maximum Gasteiger partial charge on any atom is 0.0477 e. The molecule has 0 saturated heterocycles. The van der Waals surface area contributed by atoms with Crippen LogP contribution >= 0.6 is 0 Å². The first-order valence-electron chi connectivity index (χ1n) is 4.07. The summed E-state index contributed by atoms with van der Waals surface area (Å²) in [6.07, 6.45) is 2.03. The summed E-state index contributed by atoms with van der Waals surface area (Å²) in [5.74, 6) is 0. The molecule has 1 aromatic heterocycles. The van der Waals surface area contributed by atoms with Crippen molar-refractivity contribution in [3.63, 3.8) is 0 Å². The molecule has 0 aliphatic rings. The summed E-state index contributed by atoms with van der Waals surface area (Å²) in [4.78, 5) is 3.22. The number of H-pyrrole nitrogens is 1. The number of anilines is 1. The summed E-state index contributed by atoms with van der Waals surface area (Å²) in [5.41, 5.74) is 3.64. The average molecular weight is 160 g/mol. The number of rotatable bonds is 1. The smallest absolute Gasteiger partial charge is 0.0477 e. The van der Waals surface area contributed by atoms with Crippen LogP contribution in [-0.4, -0.2) is 12.0 Å². The molecule has 1 aromatic carbocycles. The van der Waals surface area contributed by atoms with Crippen molar-refractivity contribution >= 4 is 16.6 Å². The summed E-state index contributed by atoms with van der Waals surface area (Å²) in [5, 5.41) is 4.41. The number of aryl methyl sites for hydroxylation is 1. The summed E-state index contributed by atoms with van der Waals surface area (Å²) in [7, 11) is 1.93. The lowest BCUT2D eigenvalue weighted by atomic mass is 10.2. The first-order valence-corrected chi connectivity index (χ1v) is 4.07. The van der Waals surface area contributed by atoms with Gasteiger partial charge in [0.2, 0.25) is 0 Å². The molecule has 0 unspecified atom stereocenters. The number of benzene rings is 1. The van der Waals surface area contributed by atoms with Gasteiger partial charge in [-0.1, -0.05) is 6.07 Å². The zero-order chi connectivity index (χ0) is 8.55. The highest BCUT2D eigenvalue weighted by molar-refractivity contribution is 5.85. The van der Waals surface area contributed by atoms with Gasteiger partial charge in [-0.3, -0.25) is 0 Å². The minimum atomic E-state index is 1.14. The van der Waals surface area contributed by atoms with Gasteiger partial charge in [0.25, 0.3) is 0 Å². The van der Waals surface area contributed by atoms with Gasteiger partial charge in [0.15, 0.2) is 0 Å². The van der Waals surface area contributed by atoms with E-state index in [2.05, 4.69) is 35.4 Å². The van der Waals surface area contributed by atoms with Gasteiger partial charge in [0, 0.05) is 29.8 Å². The second-order valence-corrected chi connectivity index (χ2v) is 2.98. The molecule has 0 atom stereocenters. The number of hydrogen-bond donors (Lipinski definition) is 2. The Hall–Kier alpha value is -1.44. The van der Waals surface area contributed by atoms with E-state index in [0.717, 1.165) is 5.69 Å². The average Bonchev–Trinajstić information content (AvgIpc) is 2.47. The normalized spacial score (nSPS) is 10.5. The van der Waals surface area contributed by atoms with Crippen LogP contribution in [0, 0.1) is 6.92 Å². The Balaban J connectivity index is 2.69. The number of fused-ring (bicyclic) bond motifs is 1. The molecule has 0 fully saturated rings. The summed E-state index contributed by atoms with van der Waals surface area (Å²) in [6.45, 7) is 2.11. The Morgan fingerprint density at radius 3 is 2.92 bits per heavy atom. The van der Waals surface area contributed by atoms with Crippen LogP contribution in [0.3, 0.4) is 0 Å². The van der Waals surface area contributed by atoms with Gasteiger partial charge in [0.05, 0.1) is 0 Å². The largest absolute Gasteiger partial charge is 0.388 e. The van der Waals surface area contributed by atoms with Gasteiger partial charge in [0.1, 0.15) is 0 Å². The summed E-state index contributed by atoms with van der Waals surface area (Å²) < 4.78 is 0. The fraction of sp³-hybridized carbons (Fsp3) is 0.200. The Kier molecular flexibility index (Phi) is 1.54. The van der Waals surface area contributed by atoms with Crippen LogP contribution in [0.25, 0.3) is 10.9 Å². The van der Waals surface area contributed by atoms with Crippen LogP contribution in [-0.2, 0) is 0 Å². The number of hydrogen-bond acceptors (Lipinski definition) is 1. The highest BCUT2D eigenvalue weighted by atomic mass is 14.8. The molecule has 0 amide bonds. The molecule has 1 heterocycles. The first-order chi connectivity index (χ1) is 5.81. The van der Waals surface area contributed by atoms with Gasteiger partial charge in [-0.25, -0.2) is 0 Å². The van der Waals surface area contributed by atoms with Gasteiger partial charge < -0.3 is 10.3 Å². The van der Waals surface area contributed by atoms with E-state index in [0.29, 0.717) is 0 Å².